The normalized spacial score (nSPS) is 12.0. The van der Waals surface area contributed by atoms with Crippen molar-refractivity contribution in [2.45, 2.75) is 13.0 Å². The smallest absolute Gasteiger partial charge is 0.126 e. The van der Waals surface area contributed by atoms with Crippen molar-refractivity contribution in [2.24, 2.45) is 0 Å². The monoisotopic (exact) mass is 289 g/mol. The summed E-state index contributed by atoms with van der Waals surface area (Å²) >= 11 is 0. The van der Waals surface area contributed by atoms with Crippen LogP contribution in [-0.4, -0.2) is 21.3 Å². The summed E-state index contributed by atoms with van der Waals surface area (Å²) in [6, 6.07) is 10.7. The minimum absolute atomic E-state index is 0.102. The van der Waals surface area contributed by atoms with Crippen LogP contribution in [0.25, 0.3) is 0 Å². The molecule has 0 saturated carbocycles. The molecular weight excluding hydrogens is 269 g/mol. The minimum Gasteiger partial charge on any atom is -0.497 e. The predicted molar refractivity (Wildman–Crippen MR) is 81.6 cm³/mol. The molecule has 0 spiro atoms. The van der Waals surface area contributed by atoms with Crippen LogP contribution in [0.3, 0.4) is 0 Å². The van der Waals surface area contributed by atoms with Crippen molar-refractivity contribution in [3.8, 4) is 11.5 Å². The summed E-state index contributed by atoms with van der Waals surface area (Å²) in [5, 5.41) is 3.25. The van der Waals surface area contributed by atoms with Crippen LogP contribution in [0.15, 0.2) is 36.4 Å². The van der Waals surface area contributed by atoms with Gasteiger partial charge in [0.2, 0.25) is 0 Å². The van der Waals surface area contributed by atoms with Crippen molar-refractivity contribution in [1.82, 2.24) is 5.32 Å². The van der Waals surface area contributed by atoms with Crippen LogP contribution in [0.2, 0.25) is 0 Å². The van der Waals surface area contributed by atoms with Crippen LogP contribution < -0.4 is 14.8 Å². The van der Waals surface area contributed by atoms with Gasteiger partial charge in [0.25, 0.3) is 0 Å². The van der Waals surface area contributed by atoms with Crippen molar-refractivity contribution >= 4 is 0 Å². The number of hydrogen-bond acceptors (Lipinski definition) is 3. The van der Waals surface area contributed by atoms with Crippen LogP contribution in [-0.2, 0) is 0 Å². The molecule has 0 saturated heterocycles. The summed E-state index contributed by atoms with van der Waals surface area (Å²) in [6.45, 7) is 1.76. The van der Waals surface area contributed by atoms with Gasteiger partial charge in [-0.05, 0) is 49.4 Å². The van der Waals surface area contributed by atoms with Gasteiger partial charge in [0.15, 0.2) is 0 Å². The fraction of sp³-hybridized carbons (Fsp3) is 0.294. The Morgan fingerprint density at radius 1 is 1.05 bits per heavy atom. The summed E-state index contributed by atoms with van der Waals surface area (Å²) in [4.78, 5) is 0. The van der Waals surface area contributed by atoms with E-state index in [9.17, 15) is 4.39 Å². The number of hydrogen-bond donors (Lipinski definition) is 1. The number of rotatable bonds is 5. The van der Waals surface area contributed by atoms with Crippen molar-refractivity contribution < 1.29 is 13.9 Å². The van der Waals surface area contributed by atoms with E-state index in [1.807, 2.05) is 31.3 Å². The molecular formula is C17H20FNO2. The summed E-state index contributed by atoms with van der Waals surface area (Å²) in [6.07, 6.45) is 0. The molecule has 0 aliphatic rings. The van der Waals surface area contributed by atoms with E-state index in [1.54, 1.807) is 27.2 Å². The highest BCUT2D eigenvalue weighted by molar-refractivity contribution is 5.46. The molecule has 2 aromatic rings. The molecule has 2 rings (SSSR count). The molecule has 0 fully saturated rings. The van der Waals surface area contributed by atoms with Gasteiger partial charge in [0.1, 0.15) is 17.3 Å². The number of halogens is 1. The van der Waals surface area contributed by atoms with Crippen LogP contribution in [0.4, 0.5) is 4.39 Å². The third-order valence-corrected chi connectivity index (χ3v) is 3.55. The summed E-state index contributed by atoms with van der Waals surface area (Å²) in [5.74, 6) is 1.31. The zero-order valence-corrected chi connectivity index (χ0v) is 12.7. The Morgan fingerprint density at radius 3 is 2.38 bits per heavy atom. The molecule has 0 aromatic heterocycles. The fourth-order valence-electron chi connectivity index (χ4n) is 2.41. The maximum Gasteiger partial charge on any atom is 0.126 e. The van der Waals surface area contributed by atoms with E-state index in [1.165, 1.54) is 6.07 Å². The van der Waals surface area contributed by atoms with Gasteiger partial charge < -0.3 is 14.8 Å². The Kier molecular flexibility index (Phi) is 4.81. The predicted octanol–water partition coefficient (Wildman–Crippen LogP) is 3.46. The molecule has 4 heteroatoms. The zero-order valence-electron chi connectivity index (χ0n) is 12.7. The highest BCUT2D eigenvalue weighted by Gasteiger charge is 2.18. The first-order valence-electron chi connectivity index (χ1n) is 6.76. The lowest BCUT2D eigenvalue weighted by Gasteiger charge is -2.21. The maximum absolute atomic E-state index is 13.5. The highest BCUT2D eigenvalue weighted by atomic mass is 19.1. The molecule has 0 radical (unpaired) electrons. The standard InChI is InChI=1S/C17H20FNO2/c1-11-9-12(5-7-15(11)18)17(19-2)14-10-13(20-3)6-8-16(14)21-4/h5-10,17,19H,1-4H3. The third kappa shape index (κ3) is 3.16. The average Bonchev–Trinajstić information content (AvgIpc) is 2.51. The van der Waals surface area contributed by atoms with Crippen LogP contribution >= 0.6 is 0 Å². The Bertz CT molecular complexity index is 628. The first kappa shape index (κ1) is 15.3. The molecule has 0 aliphatic heterocycles. The van der Waals surface area contributed by atoms with Gasteiger partial charge in [-0.2, -0.15) is 0 Å². The molecule has 0 bridgehead atoms. The highest BCUT2D eigenvalue weighted by Crippen LogP contribution is 2.33. The molecule has 2 aromatic carbocycles. The van der Waals surface area contributed by atoms with Crippen molar-refractivity contribution in [2.75, 3.05) is 21.3 Å². The van der Waals surface area contributed by atoms with Crippen LogP contribution in [0.1, 0.15) is 22.7 Å². The van der Waals surface area contributed by atoms with E-state index in [0.717, 1.165) is 22.6 Å². The van der Waals surface area contributed by atoms with E-state index in [2.05, 4.69) is 5.32 Å². The van der Waals surface area contributed by atoms with Gasteiger partial charge in [-0.15, -0.1) is 0 Å². The van der Waals surface area contributed by atoms with Crippen molar-refractivity contribution in [3.63, 3.8) is 0 Å². The van der Waals surface area contributed by atoms with Crippen LogP contribution in [0.5, 0.6) is 11.5 Å². The van der Waals surface area contributed by atoms with Gasteiger partial charge >= 0.3 is 0 Å². The quantitative estimate of drug-likeness (QED) is 0.914. The molecule has 1 unspecified atom stereocenters. The van der Waals surface area contributed by atoms with Crippen molar-refractivity contribution in [1.29, 1.82) is 0 Å². The molecule has 0 heterocycles. The topological polar surface area (TPSA) is 30.5 Å². The average molecular weight is 289 g/mol. The molecule has 0 amide bonds. The Balaban J connectivity index is 2.51. The van der Waals surface area contributed by atoms with E-state index >= 15 is 0 Å². The van der Waals surface area contributed by atoms with E-state index in [0.29, 0.717) is 5.56 Å². The molecule has 21 heavy (non-hydrogen) atoms. The van der Waals surface area contributed by atoms with E-state index in [-0.39, 0.29) is 11.9 Å². The van der Waals surface area contributed by atoms with Crippen LogP contribution in [0, 0.1) is 12.7 Å². The Labute approximate surface area is 124 Å². The summed E-state index contributed by atoms with van der Waals surface area (Å²) < 4.78 is 24.2. The minimum atomic E-state index is -0.203. The third-order valence-electron chi connectivity index (χ3n) is 3.55. The molecule has 0 aliphatic carbocycles. The Hall–Kier alpha value is -2.07. The van der Waals surface area contributed by atoms with Gasteiger partial charge in [-0.25, -0.2) is 4.39 Å². The number of nitrogens with one attached hydrogen (secondary N) is 1. The second-order valence-corrected chi connectivity index (χ2v) is 4.84. The zero-order chi connectivity index (χ0) is 15.4. The van der Waals surface area contributed by atoms with Gasteiger partial charge in [0.05, 0.1) is 20.3 Å². The number of methoxy groups -OCH3 is 2. The molecule has 3 nitrogen and oxygen atoms in total. The van der Waals surface area contributed by atoms with Crippen molar-refractivity contribution in [3.05, 3.63) is 58.9 Å². The summed E-state index contributed by atoms with van der Waals surface area (Å²) in [5.41, 5.74) is 2.54. The lowest BCUT2D eigenvalue weighted by molar-refractivity contribution is 0.395. The van der Waals surface area contributed by atoms with Gasteiger partial charge in [0, 0.05) is 5.56 Å². The summed E-state index contributed by atoms with van der Waals surface area (Å²) in [7, 11) is 5.12. The maximum atomic E-state index is 13.5. The lowest BCUT2D eigenvalue weighted by atomic mass is 9.96. The molecule has 1 atom stereocenters. The number of ether oxygens (including phenoxy) is 2. The van der Waals surface area contributed by atoms with E-state index in [4.69, 9.17) is 9.47 Å². The Morgan fingerprint density at radius 2 is 1.81 bits per heavy atom. The largest absolute Gasteiger partial charge is 0.497 e. The fourth-order valence-corrected chi connectivity index (χ4v) is 2.41. The first-order valence-corrected chi connectivity index (χ1v) is 6.76. The van der Waals surface area contributed by atoms with Gasteiger partial charge in [-0.3, -0.25) is 0 Å². The van der Waals surface area contributed by atoms with Gasteiger partial charge in [-0.1, -0.05) is 12.1 Å². The number of benzene rings is 2. The second-order valence-electron chi connectivity index (χ2n) is 4.84. The molecule has 112 valence electrons. The first-order chi connectivity index (χ1) is 10.1. The second kappa shape index (κ2) is 6.59. The SMILES string of the molecule is CNC(c1ccc(F)c(C)c1)c1cc(OC)ccc1OC. The lowest BCUT2D eigenvalue weighted by Crippen LogP contribution is -2.18. The molecule has 1 N–H and O–H groups in total. The van der Waals surface area contributed by atoms with E-state index < -0.39 is 0 Å². The number of aryl methyl sites for hydroxylation is 1.